The van der Waals surface area contributed by atoms with Gasteiger partial charge in [0, 0.05) is 12.6 Å². The first-order chi connectivity index (χ1) is 11.0. The number of nitrogens with zero attached hydrogens (tertiary/aromatic N) is 2. The zero-order valence-corrected chi connectivity index (χ0v) is 13.0. The number of para-hydroxylation sites is 1. The molecule has 120 valence electrons. The summed E-state index contributed by atoms with van der Waals surface area (Å²) in [5.41, 5.74) is 5.95. The molecule has 0 spiro atoms. The Hall–Kier alpha value is -2.47. The quantitative estimate of drug-likeness (QED) is 0.865. The zero-order chi connectivity index (χ0) is 16.4. The Labute approximate surface area is 134 Å². The van der Waals surface area contributed by atoms with E-state index in [2.05, 4.69) is 10.4 Å². The Balaban J connectivity index is 1.89. The minimum Gasteiger partial charge on any atom is -0.344 e. The van der Waals surface area contributed by atoms with Gasteiger partial charge in [-0.2, -0.15) is 9.78 Å². The van der Waals surface area contributed by atoms with Crippen molar-refractivity contribution in [3.63, 3.8) is 0 Å². The third-order valence-electron chi connectivity index (χ3n) is 4.34. The van der Waals surface area contributed by atoms with E-state index in [0.29, 0.717) is 18.2 Å². The maximum Gasteiger partial charge on any atom is 0.272 e. The van der Waals surface area contributed by atoms with Crippen molar-refractivity contribution in [3.05, 3.63) is 58.5 Å². The molecule has 1 amide bonds. The van der Waals surface area contributed by atoms with Crippen LogP contribution in [0.2, 0.25) is 0 Å². The van der Waals surface area contributed by atoms with E-state index >= 15 is 0 Å². The largest absolute Gasteiger partial charge is 0.344 e. The minimum atomic E-state index is -0.424. The van der Waals surface area contributed by atoms with Crippen molar-refractivity contribution >= 4 is 5.91 Å². The van der Waals surface area contributed by atoms with Crippen molar-refractivity contribution in [1.82, 2.24) is 15.1 Å². The van der Waals surface area contributed by atoms with Crippen LogP contribution in [0.1, 0.15) is 30.3 Å². The Morgan fingerprint density at radius 1 is 1.30 bits per heavy atom. The fraction of sp³-hybridized carbons (Fsp3) is 0.353. The van der Waals surface area contributed by atoms with E-state index in [-0.39, 0.29) is 17.2 Å². The molecule has 1 aromatic carbocycles. The van der Waals surface area contributed by atoms with Crippen LogP contribution in [0.25, 0.3) is 5.69 Å². The lowest BCUT2D eigenvalue weighted by Crippen LogP contribution is -2.53. The summed E-state index contributed by atoms with van der Waals surface area (Å²) in [5, 5.41) is 7.17. The number of carbonyl (C=O) groups is 1. The Morgan fingerprint density at radius 3 is 2.61 bits per heavy atom. The molecule has 6 heteroatoms. The van der Waals surface area contributed by atoms with Crippen molar-refractivity contribution in [3.8, 4) is 5.69 Å². The molecule has 0 radical (unpaired) electrons. The molecule has 1 atom stereocenters. The van der Waals surface area contributed by atoms with Gasteiger partial charge in [-0.15, -0.1) is 0 Å². The second-order valence-electron chi connectivity index (χ2n) is 6.15. The fourth-order valence-electron chi connectivity index (χ4n) is 2.65. The van der Waals surface area contributed by atoms with Gasteiger partial charge in [0.15, 0.2) is 0 Å². The first kappa shape index (κ1) is 15.4. The number of nitrogens with two attached hydrogens (primary N) is 1. The maximum absolute atomic E-state index is 12.5. The molecule has 1 aromatic heterocycles. The Kier molecular flexibility index (Phi) is 4.00. The molecule has 1 saturated carbocycles. The third kappa shape index (κ3) is 3.17. The smallest absolute Gasteiger partial charge is 0.272 e. The monoisotopic (exact) mass is 312 g/mol. The molecule has 1 aliphatic rings. The number of benzene rings is 1. The minimum absolute atomic E-state index is 0.203. The summed E-state index contributed by atoms with van der Waals surface area (Å²) in [7, 11) is 0. The lowest BCUT2D eigenvalue weighted by Gasteiger charge is -2.29. The number of carbonyl (C=O) groups excluding carboxylic acids is 1. The fourth-order valence-corrected chi connectivity index (χ4v) is 2.65. The van der Waals surface area contributed by atoms with E-state index in [4.69, 9.17) is 5.73 Å². The van der Waals surface area contributed by atoms with Gasteiger partial charge in [-0.1, -0.05) is 18.2 Å². The van der Waals surface area contributed by atoms with E-state index in [0.717, 1.165) is 12.8 Å². The van der Waals surface area contributed by atoms with E-state index in [1.165, 1.54) is 16.8 Å². The number of nitrogens with one attached hydrogen (secondary N) is 1. The lowest BCUT2D eigenvalue weighted by atomic mass is 9.96. The average molecular weight is 312 g/mol. The molecule has 0 aliphatic heterocycles. The van der Waals surface area contributed by atoms with Crippen LogP contribution in [-0.4, -0.2) is 27.8 Å². The number of rotatable bonds is 5. The second kappa shape index (κ2) is 5.96. The molecule has 6 nitrogen and oxygen atoms in total. The molecule has 3 rings (SSSR count). The summed E-state index contributed by atoms with van der Waals surface area (Å²) in [6, 6.07) is 11.8. The maximum atomic E-state index is 12.5. The van der Waals surface area contributed by atoms with Gasteiger partial charge in [-0.25, -0.2) is 0 Å². The van der Waals surface area contributed by atoms with E-state index in [1.807, 2.05) is 25.1 Å². The summed E-state index contributed by atoms with van der Waals surface area (Å²) in [4.78, 5) is 24.5. The SMILES string of the molecule is CC(CN)(NC(=O)c1ccc(=O)n(-c2ccccc2)n1)C1CC1. The molecule has 1 fully saturated rings. The van der Waals surface area contributed by atoms with E-state index in [9.17, 15) is 9.59 Å². The van der Waals surface area contributed by atoms with Crippen molar-refractivity contribution in [2.75, 3.05) is 6.54 Å². The van der Waals surface area contributed by atoms with Crippen molar-refractivity contribution in [2.45, 2.75) is 25.3 Å². The van der Waals surface area contributed by atoms with Gasteiger partial charge in [-0.05, 0) is 43.9 Å². The van der Waals surface area contributed by atoms with Crippen LogP contribution >= 0.6 is 0 Å². The summed E-state index contributed by atoms with van der Waals surface area (Å²) in [6.45, 7) is 2.33. The first-order valence-corrected chi connectivity index (χ1v) is 7.72. The van der Waals surface area contributed by atoms with Crippen molar-refractivity contribution < 1.29 is 4.79 Å². The highest BCUT2D eigenvalue weighted by Crippen LogP contribution is 2.39. The van der Waals surface area contributed by atoms with E-state index in [1.54, 1.807) is 12.1 Å². The van der Waals surface area contributed by atoms with Crippen LogP contribution in [0.4, 0.5) is 0 Å². The molecule has 1 unspecified atom stereocenters. The summed E-state index contributed by atoms with van der Waals surface area (Å²) >= 11 is 0. The number of aromatic nitrogens is 2. The summed E-state index contributed by atoms with van der Waals surface area (Å²) in [5.74, 6) is 0.103. The number of amides is 1. The zero-order valence-electron chi connectivity index (χ0n) is 13.0. The molecule has 3 N–H and O–H groups in total. The van der Waals surface area contributed by atoms with Crippen molar-refractivity contribution in [2.24, 2.45) is 11.7 Å². The van der Waals surface area contributed by atoms with Crippen LogP contribution in [0.3, 0.4) is 0 Å². The Morgan fingerprint density at radius 2 is 2.00 bits per heavy atom. The van der Waals surface area contributed by atoms with Gasteiger partial charge in [0.2, 0.25) is 0 Å². The van der Waals surface area contributed by atoms with Crippen LogP contribution in [-0.2, 0) is 0 Å². The van der Waals surface area contributed by atoms with Gasteiger partial charge >= 0.3 is 0 Å². The summed E-state index contributed by atoms with van der Waals surface area (Å²) < 4.78 is 1.23. The van der Waals surface area contributed by atoms with Gasteiger partial charge in [0.05, 0.1) is 11.2 Å². The Bertz CT molecular complexity index is 768. The molecular formula is C17H20N4O2. The highest BCUT2D eigenvalue weighted by molar-refractivity contribution is 5.92. The average Bonchev–Trinajstić information content (AvgIpc) is 3.41. The molecule has 1 heterocycles. The van der Waals surface area contributed by atoms with Crippen LogP contribution in [0, 0.1) is 5.92 Å². The highest BCUT2D eigenvalue weighted by Gasteiger charge is 2.41. The molecule has 1 aliphatic carbocycles. The third-order valence-corrected chi connectivity index (χ3v) is 4.34. The normalized spacial score (nSPS) is 16.6. The summed E-state index contributed by atoms with van der Waals surface area (Å²) in [6.07, 6.45) is 2.15. The van der Waals surface area contributed by atoms with Crippen LogP contribution < -0.4 is 16.6 Å². The predicted octanol–water partition coefficient (Wildman–Crippen LogP) is 1.09. The molecule has 2 aromatic rings. The van der Waals surface area contributed by atoms with Gasteiger partial charge in [0.25, 0.3) is 11.5 Å². The molecule has 0 saturated heterocycles. The van der Waals surface area contributed by atoms with Crippen LogP contribution in [0.15, 0.2) is 47.3 Å². The molecule has 0 bridgehead atoms. The first-order valence-electron chi connectivity index (χ1n) is 7.72. The highest BCUT2D eigenvalue weighted by atomic mass is 16.2. The van der Waals surface area contributed by atoms with Crippen LogP contribution in [0.5, 0.6) is 0 Å². The number of hydrogen-bond donors (Lipinski definition) is 2. The lowest BCUT2D eigenvalue weighted by molar-refractivity contribution is 0.0890. The van der Waals surface area contributed by atoms with E-state index < -0.39 is 5.54 Å². The van der Waals surface area contributed by atoms with Gasteiger partial charge in [-0.3, -0.25) is 9.59 Å². The van der Waals surface area contributed by atoms with Crippen molar-refractivity contribution in [1.29, 1.82) is 0 Å². The predicted molar refractivity (Wildman–Crippen MR) is 87.5 cm³/mol. The number of hydrogen-bond acceptors (Lipinski definition) is 4. The molecule has 23 heavy (non-hydrogen) atoms. The topological polar surface area (TPSA) is 90.0 Å². The molecular weight excluding hydrogens is 292 g/mol. The van der Waals surface area contributed by atoms with Gasteiger partial charge in [0.1, 0.15) is 5.69 Å². The second-order valence-corrected chi connectivity index (χ2v) is 6.15. The standard InChI is InChI=1S/C17H20N4O2/c1-17(11-18,12-7-8-12)19-16(23)14-9-10-15(22)21(20-14)13-5-3-2-4-6-13/h2-6,9-10,12H,7-8,11,18H2,1H3,(H,19,23). The van der Waals surface area contributed by atoms with Gasteiger partial charge < -0.3 is 11.1 Å².